The molecule has 0 saturated carbocycles. The lowest BCUT2D eigenvalue weighted by Gasteiger charge is -2.26. The Morgan fingerprint density at radius 3 is 2.30 bits per heavy atom. The number of nitriles is 1. The Balaban J connectivity index is 2.43. The molecule has 2 rings (SSSR count). The molecule has 0 aliphatic carbocycles. The number of rotatable bonds is 5. The first kappa shape index (κ1) is 23.4. The van der Waals surface area contributed by atoms with Crippen LogP contribution in [0.1, 0.15) is 25.0 Å². The van der Waals surface area contributed by atoms with Crippen LogP contribution in [-0.4, -0.2) is 24.0 Å². The normalized spacial score (nSPS) is 12.3. The lowest BCUT2D eigenvalue weighted by molar-refractivity contribution is -0.150. The number of ketones is 1. The summed E-state index contributed by atoms with van der Waals surface area (Å²) in [7, 11) is 1.17. The molecule has 0 fully saturated rings. The summed E-state index contributed by atoms with van der Waals surface area (Å²) in [5.74, 6) is -1.28. The van der Waals surface area contributed by atoms with Crippen molar-refractivity contribution in [2.24, 2.45) is 0 Å². The van der Waals surface area contributed by atoms with Gasteiger partial charge < -0.3 is 21.1 Å². The number of nitrogens with zero attached hydrogens (tertiary/aromatic N) is 1. The van der Waals surface area contributed by atoms with Crippen LogP contribution in [0, 0.1) is 11.3 Å². The molecule has 0 bridgehead atoms. The zero-order valence-corrected chi connectivity index (χ0v) is 18.6. The van der Waals surface area contributed by atoms with Gasteiger partial charge in [-0.15, -0.1) is 0 Å². The number of hydrogen-bond acceptors (Lipinski definition) is 6. The highest BCUT2D eigenvalue weighted by molar-refractivity contribution is 7.80. The van der Waals surface area contributed by atoms with Crippen molar-refractivity contribution in [2.45, 2.75) is 19.3 Å². The van der Waals surface area contributed by atoms with E-state index >= 15 is 0 Å². The predicted octanol–water partition coefficient (Wildman–Crippen LogP) is 4.28. The maximum Gasteiger partial charge on any atom is 0.323 e. The van der Waals surface area contributed by atoms with Gasteiger partial charge in [-0.1, -0.05) is 35.3 Å². The molecular weight excluding hydrogens is 447 g/mol. The second-order valence-electron chi connectivity index (χ2n) is 6.41. The fourth-order valence-corrected chi connectivity index (χ4v) is 3.50. The van der Waals surface area contributed by atoms with Gasteiger partial charge in [0.2, 0.25) is 0 Å². The molecule has 0 spiro atoms. The number of methoxy groups -OCH3 is 1. The standard InChI is InChI=1S/C20H18Cl2N4O3S/c1-10(27)20(2,18(28)29-3)12-7-8-15(16(24)11(12)9-23)25-19(30)26-17-13(21)5-4-6-14(17)22/h4-8H,24H2,1-3H3,(H2,25,26,30). The Morgan fingerprint density at radius 2 is 1.80 bits per heavy atom. The fourth-order valence-electron chi connectivity index (χ4n) is 2.80. The molecule has 1 unspecified atom stereocenters. The van der Waals surface area contributed by atoms with Crippen molar-refractivity contribution in [3.63, 3.8) is 0 Å². The van der Waals surface area contributed by atoms with Gasteiger partial charge in [-0.05, 0) is 49.8 Å². The lowest BCUT2D eigenvalue weighted by atomic mass is 9.76. The van der Waals surface area contributed by atoms with E-state index in [0.717, 1.165) is 0 Å². The van der Waals surface area contributed by atoms with Crippen LogP contribution >= 0.6 is 35.4 Å². The molecule has 0 aromatic heterocycles. The lowest BCUT2D eigenvalue weighted by Crippen LogP contribution is -2.41. The third kappa shape index (κ3) is 4.33. The number of nitrogens with one attached hydrogen (secondary N) is 2. The maximum absolute atomic E-state index is 12.3. The highest BCUT2D eigenvalue weighted by atomic mass is 35.5. The molecule has 10 heteroatoms. The minimum Gasteiger partial charge on any atom is -0.468 e. The molecule has 0 amide bonds. The van der Waals surface area contributed by atoms with E-state index in [2.05, 4.69) is 10.6 Å². The fraction of sp³-hybridized carbons (Fsp3) is 0.200. The van der Waals surface area contributed by atoms with Crippen LogP contribution in [0.25, 0.3) is 0 Å². The topological polar surface area (TPSA) is 117 Å². The first-order chi connectivity index (χ1) is 14.1. The Hall–Kier alpha value is -2.86. The number of carbonyl (C=O) groups is 2. The van der Waals surface area contributed by atoms with E-state index < -0.39 is 17.2 Å². The van der Waals surface area contributed by atoms with Crippen LogP contribution in [0.4, 0.5) is 17.1 Å². The number of halogens is 2. The molecule has 0 saturated heterocycles. The third-order valence-electron chi connectivity index (χ3n) is 4.64. The summed E-state index contributed by atoms with van der Waals surface area (Å²) < 4.78 is 4.77. The van der Waals surface area contributed by atoms with Crippen molar-refractivity contribution in [2.75, 3.05) is 23.5 Å². The quantitative estimate of drug-likeness (QED) is 0.259. The molecule has 4 N–H and O–H groups in total. The summed E-state index contributed by atoms with van der Waals surface area (Å²) >= 11 is 17.5. The maximum atomic E-state index is 12.3. The van der Waals surface area contributed by atoms with Gasteiger partial charge in [-0.25, -0.2) is 0 Å². The zero-order valence-electron chi connectivity index (χ0n) is 16.3. The minimum atomic E-state index is -1.68. The molecule has 0 radical (unpaired) electrons. The second kappa shape index (κ2) is 9.30. The second-order valence-corrected chi connectivity index (χ2v) is 7.63. The van der Waals surface area contributed by atoms with Crippen LogP contribution < -0.4 is 16.4 Å². The van der Waals surface area contributed by atoms with E-state index in [4.69, 9.17) is 45.9 Å². The van der Waals surface area contributed by atoms with Gasteiger partial charge in [0.1, 0.15) is 11.5 Å². The van der Waals surface area contributed by atoms with Gasteiger partial charge in [-0.3, -0.25) is 9.59 Å². The van der Waals surface area contributed by atoms with E-state index in [9.17, 15) is 14.9 Å². The van der Waals surface area contributed by atoms with Gasteiger partial charge in [0.25, 0.3) is 0 Å². The van der Waals surface area contributed by atoms with Crippen LogP contribution in [0.15, 0.2) is 30.3 Å². The number of nitrogen functional groups attached to an aromatic ring is 1. The van der Waals surface area contributed by atoms with E-state index in [1.54, 1.807) is 18.2 Å². The SMILES string of the molecule is COC(=O)C(C)(C(C)=O)c1ccc(NC(=S)Nc2c(Cl)cccc2Cl)c(N)c1C#N. The molecule has 1 atom stereocenters. The van der Waals surface area contributed by atoms with E-state index in [0.29, 0.717) is 21.4 Å². The summed E-state index contributed by atoms with van der Waals surface area (Å²) in [6.07, 6.45) is 0. The van der Waals surface area contributed by atoms with Gasteiger partial charge in [0.05, 0.1) is 39.8 Å². The number of hydrogen-bond donors (Lipinski definition) is 3. The molecule has 0 aliphatic heterocycles. The zero-order chi connectivity index (χ0) is 22.6. The predicted molar refractivity (Wildman–Crippen MR) is 122 cm³/mol. The Labute approximate surface area is 189 Å². The van der Waals surface area contributed by atoms with Gasteiger partial charge in [0, 0.05) is 0 Å². The van der Waals surface area contributed by atoms with Crippen molar-refractivity contribution >= 4 is 69.3 Å². The highest BCUT2D eigenvalue weighted by Gasteiger charge is 2.43. The number of ether oxygens (including phenoxy) is 1. The summed E-state index contributed by atoms with van der Waals surface area (Å²) in [5.41, 5.74) is 5.28. The first-order valence-corrected chi connectivity index (χ1v) is 9.68. The molecule has 0 heterocycles. The number of nitrogens with two attached hydrogens (primary N) is 1. The first-order valence-electron chi connectivity index (χ1n) is 8.52. The highest BCUT2D eigenvalue weighted by Crippen LogP contribution is 2.36. The van der Waals surface area contributed by atoms with Crippen molar-refractivity contribution in [3.05, 3.63) is 51.5 Å². The number of esters is 1. The average Bonchev–Trinajstić information content (AvgIpc) is 2.70. The van der Waals surface area contributed by atoms with Crippen molar-refractivity contribution in [3.8, 4) is 6.07 Å². The van der Waals surface area contributed by atoms with E-state index in [-0.39, 0.29) is 21.9 Å². The largest absolute Gasteiger partial charge is 0.468 e. The summed E-state index contributed by atoms with van der Waals surface area (Å²) in [4.78, 5) is 24.6. The number of thiocarbonyl (C=S) groups is 1. The average molecular weight is 465 g/mol. The van der Waals surface area contributed by atoms with Crippen LogP contribution in [-0.2, 0) is 19.7 Å². The molecule has 156 valence electrons. The van der Waals surface area contributed by atoms with E-state index in [1.165, 1.54) is 33.1 Å². The van der Waals surface area contributed by atoms with E-state index in [1.807, 2.05) is 6.07 Å². The molecule has 2 aromatic carbocycles. The summed E-state index contributed by atoms with van der Waals surface area (Å²) in [6, 6.07) is 9.90. The van der Waals surface area contributed by atoms with Crippen LogP contribution in [0.3, 0.4) is 0 Å². The summed E-state index contributed by atoms with van der Waals surface area (Å²) in [6.45, 7) is 2.63. The molecule has 7 nitrogen and oxygen atoms in total. The number of Topliss-reactive ketones (excluding diaryl/α,β-unsaturated/α-hetero) is 1. The number of carbonyl (C=O) groups excluding carboxylic acids is 2. The van der Waals surface area contributed by atoms with Gasteiger partial charge in [-0.2, -0.15) is 5.26 Å². The number of benzene rings is 2. The van der Waals surface area contributed by atoms with Crippen molar-refractivity contribution in [1.82, 2.24) is 0 Å². The number of anilines is 3. The van der Waals surface area contributed by atoms with Crippen molar-refractivity contribution in [1.29, 1.82) is 5.26 Å². The van der Waals surface area contributed by atoms with Gasteiger partial charge in [0.15, 0.2) is 10.9 Å². The monoisotopic (exact) mass is 464 g/mol. The van der Waals surface area contributed by atoms with Crippen LogP contribution in [0.2, 0.25) is 10.0 Å². The molecule has 0 aliphatic rings. The minimum absolute atomic E-state index is 0.0146. The number of para-hydroxylation sites is 1. The van der Waals surface area contributed by atoms with Crippen molar-refractivity contribution < 1.29 is 14.3 Å². The summed E-state index contributed by atoms with van der Waals surface area (Å²) in [5, 5.41) is 16.2. The molecular formula is C20H18Cl2N4O3S. The third-order valence-corrected chi connectivity index (χ3v) is 5.48. The smallest absolute Gasteiger partial charge is 0.323 e. The molecule has 30 heavy (non-hydrogen) atoms. The Kier molecular flexibility index (Phi) is 7.26. The van der Waals surface area contributed by atoms with Gasteiger partial charge >= 0.3 is 5.97 Å². The van der Waals surface area contributed by atoms with Crippen LogP contribution in [0.5, 0.6) is 0 Å². The Morgan fingerprint density at radius 1 is 1.20 bits per heavy atom. The molecule has 2 aromatic rings. The Bertz CT molecular complexity index is 1060.